The lowest BCUT2D eigenvalue weighted by molar-refractivity contribution is -0.120. The SMILES string of the molecule is C=CCCC(c1ccccc1N1CCCCC1)[C@@H](C(N)=O)c1ccc(C(=O)OCC)cc1. The number of carbonyl (C=O) groups excluding carboxylic acids is 2. The summed E-state index contributed by atoms with van der Waals surface area (Å²) in [6, 6.07) is 15.5. The van der Waals surface area contributed by atoms with Crippen LogP contribution in [0.25, 0.3) is 0 Å². The van der Waals surface area contributed by atoms with Crippen molar-refractivity contribution >= 4 is 17.6 Å². The molecule has 1 saturated heterocycles. The molecule has 32 heavy (non-hydrogen) atoms. The number of para-hydroxylation sites is 1. The van der Waals surface area contributed by atoms with E-state index in [0.29, 0.717) is 12.2 Å². The van der Waals surface area contributed by atoms with Gasteiger partial charge in [0.25, 0.3) is 0 Å². The largest absolute Gasteiger partial charge is 0.462 e. The number of allylic oxidation sites excluding steroid dienone is 1. The van der Waals surface area contributed by atoms with Crippen LogP contribution >= 0.6 is 0 Å². The molecule has 1 aliphatic heterocycles. The number of carbonyl (C=O) groups is 2. The number of amides is 1. The predicted octanol–water partition coefficient (Wildman–Crippen LogP) is 5.17. The molecule has 2 aromatic rings. The summed E-state index contributed by atoms with van der Waals surface area (Å²) in [4.78, 5) is 27.3. The molecule has 0 aliphatic carbocycles. The minimum absolute atomic E-state index is 0.0860. The van der Waals surface area contributed by atoms with Crippen molar-refractivity contribution in [2.24, 2.45) is 5.73 Å². The van der Waals surface area contributed by atoms with E-state index in [1.807, 2.05) is 24.3 Å². The smallest absolute Gasteiger partial charge is 0.338 e. The highest BCUT2D eigenvalue weighted by Crippen LogP contribution is 2.41. The van der Waals surface area contributed by atoms with Crippen LogP contribution in [0.3, 0.4) is 0 Å². The summed E-state index contributed by atoms with van der Waals surface area (Å²) in [7, 11) is 0. The fourth-order valence-corrected chi connectivity index (χ4v) is 4.66. The average Bonchev–Trinajstić information content (AvgIpc) is 2.82. The van der Waals surface area contributed by atoms with E-state index >= 15 is 0 Å². The maximum Gasteiger partial charge on any atom is 0.338 e. The van der Waals surface area contributed by atoms with E-state index in [0.717, 1.165) is 37.1 Å². The Balaban J connectivity index is 2.00. The van der Waals surface area contributed by atoms with Crippen molar-refractivity contribution in [3.05, 3.63) is 77.9 Å². The zero-order valence-corrected chi connectivity index (χ0v) is 19.0. The summed E-state index contributed by atoms with van der Waals surface area (Å²) in [6.07, 6.45) is 7.05. The van der Waals surface area contributed by atoms with E-state index in [-0.39, 0.29) is 17.8 Å². The van der Waals surface area contributed by atoms with Crippen LogP contribution in [-0.2, 0) is 9.53 Å². The second kappa shape index (κ2) is 11.5. The third-order valence-electron chi connectivity index (χ3n) is 6.20. The topological polar surface area (TPSA) is 72.6 Å². The van der Waals surface area contributed by atoms with Gasteiger partial charge in [0.1, 0.15) is 0 Å². The number of ether oxygens (including phenoxy) is 1. The van der Waals surface area contributed by atoms with Gasteiger partial charge in [-0.2, -0.15) is 0 Å². The molecule has 5 nitrogen and oxygen atoms in total. The van der Waals surface area contributed by atoms with Gasteiger partial charge in [-0.15, -0.1) is 6.58 Å². The molecule has 3 rings (SSSR count). The quantitative estimate of drug-likeness (QED) is 0.413. The number of rotatable bonds is 10. The highest BCUT2D eigenvalue weighted by molar-refractivity contribution is 5.90. The van der Waals surface area contributed by atoms with Crippen molar-refractivity contribution in [3.63, 3.8) is 0 Å². The first kappa shape index (κ1) is 23.6. The van der Waals surface area contributed by atoms with Gasteiger partial charge in [0.2, 0.25) is 5.91 Å². The van der Waals surface area contributed by atoms with Gasteiger partial charge in [-0.05, 0) is 68.4 Å². The Kier molecular flexibility index (Phi) is 8.48. The molecule has 2 atom stereocenters. The van der Waals surface area contributed by atoms with Gasteiger partial charge in [0, 0.05) is 24.7 Å². The van der Waals surface area contributed by atoms with E-state index < -0.39 is 5.92 Å². The molecule has 1 unspecified atom stereocenters. The van der Waals surface area contributed by atoms with E-state index in [4.69, 9.17) is 10.5 Å². The number of benzene rings is 2. The molecule has 0 radical (unpaired) electrons. The van der Waals surface area contributed by atoms with Gasteiger partial charge < -0.3 is 15.4 Å². The van der Waals surface area contributed by atoms with E-state index in [2.05, 4.69) is 29.7 Å². The van der Waals surface area contributed by atoms with Crippen molar-refractivity contribution in [2.75, 3.05) is 24.6 Å². The average molecular weight is 435 g/mol. The molecule has 1 fully saturated rings. The molecular weight excluding hydrogens is 400 g/mol. The van der Waals surface area contributed by atoms with Crippen LogP contribution in [0.1, 0.15) is 72.3 Å². The third-order valence-corrected chi connectivity index (χ3v) is 6.20. The zero-order valence-electron chi connectivity index (χ0n) is 19.0. The predicted molar refractivity (Wildman–Crippen MR) is 129 cm³/mol. The Labute approximate surface area is 191 Å². The molecule has 1 heterocycles. The minimum atomic E-state index is -0.503. The molecular formula is C27H34N2O3. The number of hydrogen-bond donors (Lipinski definition) is 1. The van der Waals surface area contributed by atoms with E-state index in [1.54, 1.807) is 19.1 Å². The summed E-state index contributed by atoms with van der Waals surface area (Å²) >= 11 is 0. The lowest BCUT2D eigenvalue weighted by atomic mass is 9.77. The number of piperidine rings is 1. The molecule has 0 spiro atoms. The van der Waals surface area contributed by atoms with Crippen LogP contribution in [0, 0.1) is 0 Å². The van der Waals surface area contributed by atoms with Crippen LogP contribution < -0.4 is 10.6 Å². The number of anilines is 1. The molecule has 0 saturated carbocycles. The number of primary amides is 1. The standard InChI is InChI=1S/C27H34N2O3/c1-3-5-11-23(22-12-7-8-13-24(22)29-18-9-6-10-19-29)25(26(28)30)20-14-16-21(17-15-20)27(31)32-4-2/h3,7-8,12-17,23,25H,1,4-6,9-11,18-19H2,2H3,(H2,28,30)/t23?,25-/m0/s1. The summed E-state index contributed by atoms with van der Waals surface area (Å²) in [5.41, 5.74) is 9.60. The molecule has 2 N–H and O–H groups in total. The summed E-state index contributed by atoms with van der Waals surface area (Å²) in [5.74, 6) is -1.32. The molecule has 0 bridgehead atoms. The van der Waals surface area contributed by atoms with Crippen molar-refractivity contribution in [1.29, 1.82) is 0 Å². The van der Waals surface area contributed by atoms with Crippen molar-refractivity contribution < 1.29 is 14.3 Å². The van der Waals surface area contributed by atoms with Gasteiger partial charge in [0.15, 0.2) is 0 Å². The van der Waals surface area contributed by atoms with Gasteiger partial charge in [-0.25, -0.2) is 4.79 Å². The number of nitrogens with two attached hydrogens (primary N) is 1. The Morgan fingerprint density at radius 3 is 2.41 bits per heavy atom. The lowest BCUT2D eigenvalue weighted by Crippen LogP contribution is -2.32. The Bertz CT molecular complexity index is 917. The summed E-state index contributed by atoms with van der Waals surface area (Å²) in [6.45, 7) is 8.04. The number of esters is 1. The van der Waals surface area contributed by atoms with Gasteiger partial charge >= 0.3 is 5.97 Å². The zero-order chi connectivity index (χ0) is 22.9. The first-order valence-electron chi connectivity index (χ1n) is 11.6. The summed E-state index contributed by atoms with van der Waals surface area (Å²) < 4.78 is 5.08. The van der Waals surface area contributed by atoms with E-state index in [9.17, 15) is 9.59 Å². The number of nitrogens with zero attached hydrogens (tertiary/aromatic N) is 1. The first-order chi connectivity index (χ1) is 15.6. The van der Waals surface area contributed by atoms with Crippen LogP contribution in [0.2, 0.25) is 0 Å². The van der Waals surface area contributed by atoms with Crippen molar-refractivity contribution in [2.45, 2.75) is 50.9 Å². The van der Waals surface area contributed by atoms with Crippen LogP contribution in [0.15, 0.2) is 61.2 Å². The van der Waals surface area contributed by atoms with Gasteiger partial charge in [-0.1, -0.05) is 36.4 Å². The monoisotopic (exact) mass is 434 g/mol. The third kappa shape index (κ3) is 5.58. The highest BCUT2D eigenvalue weighted by Gasteiger charge is 2.32. The van der Waals surface area contributed by atoms with Crippen LogP contribution in [-0.4, -0.2) is 31.6 Å². The van der Waals surface area contributed by atoms with Crippen molar-refractivity contribution in [3.8, 4) is 0 Å². The molecule has 1 amide bonds. The molecule has 1 aliphatic rings. The summed E-state index contributed by atoms with van der Waals surface area (Å²) in [5, 5.41) is 0. The Hall–Kier alpha value is -3.08. The molecule has 2 aromatic carbocycles. The van der Waals surface area contributed by atoms with Gasteiger partial charge in [0.05, 0.1) is 18.1 Å². The molecule has 170 valence electrons. The second-order valence-electron chi connectivity index (χ2n) is 8.30. The van der Waals surface area contributed by atoms with Crippen molar-refractivity contribution in [1.82, 2.24) is 0 Å². The normalized spacial score (nSPS) is 15.6. The highest BCUT2D eigenvalue weighted by atomic mass is 16.5. The fourth-order valence-electron chi connectivity index (χ4n) is 4.66. The Morgan fingerprint density at radius 2 is 1.78 bits per heavy atom. The maximum absolute atomic E-state index is 12.8. The lowest BCUT2D eigenvalue weighted by Gasteiger charge is -2.34. The fraction of sp³-hybridized carbons (Fsp3) is 0.407. The number of hydrogen-bond acceptors (Lipinski definition) is 4. The second-order valence-corrected chi connectivity index (χ2v) is 8.30. The Morgan fingerprint density at radius 1 is 1.09 bits per heavy atom. The van der Waals surface area contributed by atoms with Crippen LogP contribution in [0.5, 0.6) is 0 Å². The first-order valence-corrected chi connectivity index (χ1v) is 11.6. The minimum Gasteiger partial charge on any atom is -0.462 e. The molecule has 5 heteroatoms. The molecule has 0 aromatic heterocycles. The van der Waals surface area contributed by atoms with E-state index in [1.165, 1.54) is 24.9 Å². The van der Waals surface area contributed by atoms with Crippen LogP contribution in [0.4, 0.5) is 5.69 Å². The van der Waals surface area contributed by atoms with Gasteiger partial charge in [-0.3, -0.25) is 4.79 Å². The maximum atomic E-state index is 12.8.